The topological polar surface area (TPSA) is 78.3 Å². The molecule has 2 unspecified atom stereocenters. The third-order valence-electron chi connectivity index (χ3n) is 2.55. The molecule has 0 spiro atoms. The van der Waals surface area contributed by atoms with E-state index in [0.29, 0.717) is 12.8 Å². The second-order valence-corrected chi connectivity index (χ2v) is 3.76. The molecule has 0 heterocycles. The number of rotatable bonds is 4. The van der Waals surface area contributed by atoms with E-state index in [1.54, 1.807) is 0 Å². The number of hydrogen-bond acceptors (Lipinski definition) is 3. The van der Waals surface area contributed by atoms with Gasteiger partial charge in [-0.3, -0.25) is 4.79 Å². The molecule has 0 aromatic carbocycles. The van der Waals surface area contributed by atoms with Crippen LogP contribution >= 0.6 is 0 Å². The molecule has 1 rings (SSSR count). The first-order chi connectivity index (χ1) is 6.08. The Morgan fingerprint density at radius 3 is 2.85 bits per heavy atom. The van der Waals surface area contributed by atoms with Crippen LogP contribution in [0.25, 0.3) is 0 Å². The van der Waals surface area contributed by atoms with Gasteiger partial charge in [-0.25, -0.2) is 0 Å². The number of hydrogen-bond donors (Lipinski definition) is 2. The third kappa shape index (κ3) is 2.42. The molecule has 4 nitrogen and oxygen atoms in total. The van der Waals surface area contributed by atoms with Gasteiger partial charge in [-0.1, -0.05) is 6.92 Å². The molecule has 0 aromatic rings. The zero-order valence-electron chi connectivity index (χ0n) is 8.08. The fourth-order valence-electron chi connectivity index (χ4n) is 1.68. The van der Waals surface area contributed by atoms with Gasteiger partial charge < -0.3 is 16.2 Å². The van der Waals surface area contributed by atoms with Crippen LogP contribution in [0.2, 0.25) is 0 Å². The lowest BCUT2D eigenvalue weighted by molar-refractivity contribution is -0.123. The summed E-state index contributed by atoms with van der Waals surface area (Å²) in [6, 6.07) is 0. The summed E-state index contributed by atoms with van der Waals surface area (Å²) in [7, 11) is 0. The van der Waals surface area contributed by atoms with Gasteiger partial charge in [0.25, 0.3) is 0 Å². The third-order valence-corrected chi connectivity index (χ3v) is 2.55. The molecular formula is C9H18N2O2. The van der Waals surface area contributed by atoms with Gasteiger partial charge in [0.1, 0.15) is 0 Å². The van der Waals surface area contributed by atoms with Crippen molar-refractivity contribution in [3.05, 3.63) is 0 Å². The Morgan fingerprint density at radius 2 is 2.38 bits per heavy atom. The SMILES string of the molecule is CCCOC1CCC(N)(C(N)=O)C1. The zero-order chi connectivity index (χ0) is 9.90. The van der Waals surface area contributed by atoms with E-state index >= 15 is 0 Å². The molecule has 1 amide bonds. The second kappa shape index (κ2) is 4.07. The molecule has 13 heavy (non-hydrogen) atoms. The van der Waals surface area contributed by atoms with Crippen molar-refractivity contribution in [2.45, 2.75) is 44.2 Å². The number of amides is 1. The molecule has 76 valence electrons. The summed E-state index contributed by atoms with van der Waals surface area (Å²) < 4.78 is 5.51. The summed E-state index contributed by atoms with van der Waals surface area (Å²) in [5.41, 5.74) is 10.2. The molecule has 1 saturated carbocycles. The van der Waals surface area contributed by atoms with Gasteiger partial charge in [0.05, 0.1) is 11.6 Å². The Morgan fingerprint density at radius 1 is 1.69 bits per heavy atom. The molecule has 1 aliphatic carbocycles. The van der Waals surface area contributed by atoms with Crippen molar-refractivity contribution in [1.82, 2.24) is 0 Å². The highest BCUT2D eigenvalue weighted by Crippen LogP contribution is 2.29. The summed E-state index contributed by atoms with van der Waals surface area (Å²) in [6.45, 7) is 2.79. The van der Waals surface area contributed by atoms with E-state index in [2.05, 4.69) is 6.92 Å². The van der Waals surface area contributed by atoms with Gasteiger partial charge in [-0.15, -0.1) is 0 Å². The first kappa shape index (κ1) is 10.5. The van der Waals surface area contributed by atoms with E-state index in [4.69, 9.17) is 16.2 Å². The van der Waals surface area contributed by atoms with Crippen LogP contribution in [0.3, 0.4) is 0 Å². The quantitative estimate of drug-likeness (QED) is 0.656. The maximum Gasteiger partial charge on any atom is 0.237 e. The highest BCUT2D eigenvalue weighted by Gasteiger charge is 2.40. The minimum atomic E-state index is -0.821. The van der Waals surface area contributed by atoms with Crippen LogP contribution < -0.4 is 11.5 Å². The number of carbonyl (C=O) groups excluding carboxylic acids is 1. The van der Waals surface area contributed by atoms with E-state index in [0.717, 1.165) is 19.4 Å². The van der Waals surface area contributed by atoms with Gasteiger partial charge in [-0.05, 0) is 19.3 Å². The van der Waals surface area contributed by atoms with E-state index in [9.17, 15) is 4.79 Å². The molecule has 0 saturated heterocycles. The van der Waals surface area contributed by atoms with E-state index < -0.39 is 11.4 Å². The Labute approximate surface area is 78.6 Å². The highest BCUT2D eigenvalue weighted by atomic mass is 16.5. The summed E-state index contributed by atoms with van der Waals surface area (Å²) in [5, 5.41) is 0. The molecule has 0 aromatic heterocycles. The van der Waals surface area contributed by atoms with Crippen molar-refractivity contribution in [2.75, 3.05) is 6.61 Å². The average Bonchev–Trinajstić information content (AvgIpc) is 2.45. The number of nitrogens with two attached hydrogens (primary N) is 2. The monoisotopic (exact) mass is 186 g/mol. The predicted molar refractivity (Wildman–Crippen MR) is 50.0 cm³/mol. The lowest BCUT2D eigenvalue weighted by Crippen LogP contribution is -2.50. The zero-order valence-corrected chi connectivity index (χ0v) is 8.08. The van der Waals surface area contributed by atoms with Crippen LogP contribution in [0.5, 0.6) is 0 Å². The normalized spacial score (nSPS) is 33.5. The first-order valence-corrected chi connectivity index (χ1v) is 4.79. The van der Waals surface area contributed by atoms with Gasteiger partial charge in [0.2, 0.25) is 5.91 Å². The highest BCUT2D eigenvalue weighted by molar-refractivity contribution is 5.84. The van der Waals surface area contributed by atoms with Crippen LogP contribution in [0.1, 0.15) is 32.6 Å². The molecule has 1 aliphatic rings. The lowest BCUT2D eigenvalue weighted by atomic mass is 9.99. The van der Waals surface area contributed by atoms with Gasteiger partial charge in [0, 0.05) is 13.0 Å². The van der Waals surface area contributed by atoms with Gasteiger partial charge in [-0.2, -0.15) is 0 Å². The number of primary amides is 1. The molecule has 0 radical (unpaired) electrons. The standard InChI is InChI=1S/C9H18N2O2/c1-2-5-13-7-3-4-9(11,6-7)8(10)12/h7H,2-6,11H2,1H3,(H2,10,12). The number of carbonyl (C=O) groups is 1. The summed E-state index contributed by atoms with van der Waals surface area (Å²) in [4.78, 5) is 11.0. The minimum Gasteiger partial charge on any atom is -0.378 e. The average molecular weight is 186 g/mol. The predicted octanol–water partition coefficient (Wildman–Crippen LogP) is 0.148. The van der Waals surface area contributed by atoms with E-state index in [1.165, 1.54) is 0 Å². The molecule has 0 bridgehead atoms. The molecule has 2 atom stereocenters. The van der Waals surface area contributed by atoms with Crippen LogP contribution in [0, 0.1) is 0 Å². The first-order valence-electron chi connectivity index (χ1n) is 4.79. The molecular weight excluding hydrogens is 168 g/mol. The van der Waals surface area contributed by atoms with Crippen LogP contribution in [0.4, 0.5) is 0 Å². The summed E-state index contributed by atoms with van der Waals surface area (Å²) in [5.74, 6) is -0.407. The maximum atomic E-state index is 11.0. The van der Waals surface area contributed by atoms with E-state index in [1.807, 2.05) is 0 Å². The fourth-order valence-corrected chi connectivity index (χ4v) is 1.68. The Bertz CT molecular complexity index is 196. The Balaban J connectivity index is 2.39. The Kier molecular flexibility index (Phi) is 3.27. The Hall–Kier alpha value is -0.610. The summed E-state index contributed by atoms with van der Waals surface area (Å²) >= 11 is 0. The van der Waals surface area contributed by atoms with Crippen molar-refractivity contribution in [1.29, 1.82) is 0 Å². The van der Waals surface area contributed by atoms with E-state index in [-0.39, 0.29) is 6.10 Å². The number of ether oxygens (including phenoxy) is 1. The van der Waals surface area contributed by atoms with Gasteiger partial charge in [0.15, 0.2) is 0 Å². The van der Waals surface area contributed by atoms with Crippen molar-refractivity contribution < 1.29 is 9.53 Å². The van der Waals surface area contributed by atoms with Crippen LogP contribution in [0.15, 0.2) is 0 Å². The smallest absolute Gasteiger partial charge is 0.237 e. The lowest BCUT2D eigenvalue weighted by Gasteiger charge is -2.19. The van der Waals surface area contributed by atoms with Crippen molar-refractivity contribution in [3.8, 4) is 0 Å². The second-order valence-electron chi connectivity index (χ2n) is 3.76. The van der Waals surface area contributed by atoms with Crippen LogP contribution in [-0.4, -0.2) is 24.2 Å². The molecule has 0 aliphatic heterocycles. The van der Waals surface area contributed by atoms with Crippen LogP contribution in [-0.2, 0) is 9.53 Å². The van der Waals surface area contributed by atoms with Crippen molar-refractivity contribution >= 4 is 5.91 Å². The van der Waals surface area contributed by atoms with Gasteiger partial charge >= 0.3 is 0 Å². The molecule has 4 heteroatoms. The summed E-state index contributed by atoms with van der Waals surface area (Å²) in [6.07, 6.45) is 3.18. The molecule has 1 fully saturated rings. The minimum absolute atomic E-state index is 0.123. The fraction of sp³-hybridized carbons (Fsp3) is 0.889. The maximum absolute atomic E-state index is 11.0. The largest absolute Gasteiger partial charge is 0.378 e. The van der Waals surface area contributed by atoms with Crippen molar-refractivity contribution in [3.63, 3.8) is 0 Å². The molecule has 4 N–H and O–H groups in total. The van der Waals surface area contributed by atoms with Crippen molar-refractivity contribution in [2.24, 2.45) is 11.5 Å².